The van der Waals surface area contributed by atoms with Crippen molar-refractivity contribution in [2.45, 2.75) is 70.8 Å². The van der Waals surface area contributed by atoms with Crippen molar-refractivity contribution < 1.29 is 4.79 Å². The fourth-order valence-corrected chi connectivity index (χ4v) is 3.42. The predicted molar refractivity (Wildman–Crippen MR) is 74.1 cm³/mol. The van der Waals surface area contributed by atoms with Gasteiger partial charge in [-0.15, -0.1) is 0 Å². The highest BCUT2D eigenvalue weighted by atomic mass is 16.2. The highest BCUT2D eigenvalue weighted by Crippen LogP contribution is 2.40. The van der Waals surface area contributed by atoms with Gasteiger partial charge in [0.2, 0.25) is 5.91 Å². The highest BCUT2D eigenvalue weighted by Gasteiger charge is 2.43. The van der Waals surface area contributed by atoms with E-state index in [0.717, 1.165) is 19.3 Å². The van der Waals surface area contributed by atoms with Crippen LogP contribution < -0.4 is 11.1 Å². The molecule has 2 aliphatic carbocycles. The van der Waals surface area contributed by atoms with E-state index in [-0.39, 0.29) is 11.3 Å². The molecule has 2 aliphatic rings. The van der Waals surface area contributed by atoms with Crippen molar-refractivity contribution in [1.29, 1.82) is 0 Å². The summed E-state index contributed by atoms with van der Waals surface area (Å²) < 4.78 is 0. The molecule has 3 N–H and O–H groups in total. The zero-order chi connectivity index (χ0) is 13.0. The summed E-state index contributed by atoms with van der Waals surface area (Å²) in [6.45, 7) is 2.69. The lowest BCUT2D eigenvalue weighted by atomic mass is 9.68. The number of nitrogens with one attached hydrogen (secondary N) is 1. The average molecular weight is 252 g/mol. The van der Waals surface area contributed by atoms with Crippen molar-refractivity contribution in [3.63, 3.8) is 0 Å². The fourth-order valence-electron chi connectivity index (χ4n) is 3.42. The van der Waals surface area contributed by atoms with Gasteiger partial charge in [0.15, 0.2) is 0 Å². The molecule has 0 aromatic heterocycles. The molecule has 1 amide bonds. The van der Waals surface area contributed by atoms with E-state index in [4.69, 9.17) is 5.73 Å². The summed E-state index contributed by atoms with van der Waals surface area (Å²) in [6.07, 6.45) is 11.0. The van der Waals surface area contributed by atoms with Crippen molar-refractivity contribution in [2.24, 2.45) is 17.1 Å². The quantitative estimate of drug-likeness (QED) is 0.756. The van der Waals surface area contributed by atoms with Gasteiger partial charge in [0.25, 0.3) is 0 Å². The molecule has 0 spiro atoms. The minimum atomic E-state index is -0.223. The zero-order valence-electron chi connectivity index (χ0n) is 11.7. The third-order valence-electron chi connectivity index (χ3n) is 5.15. The minimum absolute atomic E-state index is 0.216. The molecule has 2 saturated carbocycles. The lowest BCUT2D eigenvalue weighted by Gasteiger charge is -2.40. The van der Waals surface area contributed by atoms with Gasteiger partial charge in [-0.1, -0.05) is 32.1 Å². The first kappa shape index (κ1) is 13.9. The molecule has 0 bridgehead atoms. The van der Waals surface area contributed by atoms with E-state index < -0.39 is 0 Å². The van der Waals surface area contributed by atoms with Crippen LogP contribution in [0, 0.1) is 11.3 Å². The second-order valence-electron chi connectivity index (χ2n) is 6.35. The van der Waals surface area contributed by atoms with Crippen LogP contribution in [0.1, 0.15) is 64.7 Å². The van der Waals surface area contributed by atoms with E-state index in [1.54, 1.807) is 0 Å². The highest BCUT2D eigenvalue weighted by molar-refractivity contribution is 5.84. The molecule has 2 rings (SSSR count). The number of hydrogen-bond donors (Lipinski definition) is 2. The van der Waals surface area contributed by atoms with Crippen LogP contribution in [-0.2, 0) is 4.79 Å². The summed E-state index contributed by atoms with van der Waals surface area (Å²) >= 11 is 0. The largest absolute Gasteiger partial charge is 0.353 e. The summed E-state index contributed by atoms with van der Waals surface area (Å²) in [7, 11) is 0. The maximum atomic E-state index is 12.3. The normalized spacial score (nSPS) is 25.9. The van der Waals surface area contributed by atoms with Crippen LogP contribution in [-0.4, -0.2) is 18.5 Å². The number of nitrogens with two attached hydrogens (primary N) is 1. The van der Waals surface area contributed by atoms with Crippen LogP contribution in [0.2, 0.25) is 0 Å². The van der Waals surface area contributed by atoms with Gasteiger partial charge in [0, 0.05) is 12.6 Å². The van der Waals surface area contributed by atoms with Crippen LogP contribution in [0.4, 0.5) is 0 Å². The summed E-state index contributed by atoms with van der Waals surface area (Å²) in [5.74, 6) is 0.888. The van der Waals surface area contributed by atoms with Gasteiger partial charge < -0.3 is 11.1 Å². The Bertz CT molecular complexity index is 273. The van der Waals surface area contributed by atoms with E-state index in [1.165, 1.54) is 38.5 Å². The number of carbonyl (C=O) groups excluding carboxylic acids is 1. The van der Waals surface area contributed by atoms with Crippen molar-refractivity contribution in [1.82, 2.24) is 5.32 Å². The monoisotopic (exact) mass is 252 g/mol. The molecule has 0 heterocycles. The first-order valence-corrected chi connectivity index (χ1v) is 7.69. The zero-order valence-corrected chi connectivity index (χ0v) is 11.7. The number of carbonyl (C=O) groups is 1. The van der Waals surface area contributed by atoms with Gasteiger partial charge in [-0.25, -0.2) is 0 Å². The Morgan fingerprint density at radius 1 is 1.22 bits per heavy atom. The van der Waals surface area contributed by atoms with Crippen molar-refractivity contribution in [2.75, 3.05) is 6.54 Å². The molecular weight excluding hydrogens is 224 g/mol. The van der Waals surface area contributed by atoms with E-state index >= 15 is 0 Å². The van der Waals surface area contributed by atoms with Crippen LogP contribution in [0.5, 0.6) is 0 Å². The Morgan fingerprint density at radius 3 is 2.28 bits per heavy atom. The Kier molecular flexibility index (Phi) is 4.66. The molecular formula is C15H28N2O. The summed E-state index contributed by atoms with van der Waals surface area (Å²) in [6, 6.07) is 0.319. The van der Waals surface area contributed by atoms with Crippen molar-refractivity contribution in [3.05, 3.63) is 0 Å². The number of amides is 1. The summed E-state index contributed by atoms with van der Waals surface area (Å²) in [4.78, 5) is 12.3. The second kappa shape index (κ2) is 6.05. The first-order valence-electron chi connectivity index (χ1n) is 7.69. The third-order valence-corrected chi connectivity index (χ3v) is 5.15. The summed E-state index contributed by atoms with van der Waals surface area (Å²) in [5, 5.41) is 3.25. The van der Waals surface area contributed by atoms with E-state index in [1.807, 2.05) is 0 Å². The van der Waals surface area contributed by atoms with Gasteiger partial charge in [0.05, 0.1) is 5.41 Å². The fraction of sp³-hybridized carbons (Fsp3) is 0.933. The summed E-state index contributed by atoms with van der Waals surface area (Å²) in [5.41, 5.74) is 5.56. The van der Waals surface area contributed by atoms with E-state index in [9.17, 15) is 4.79 Å². The van der Waals surface area contributed by atoms with Crippen LogP contribution in [0.3, 0.4) is 0 Å². The second-order valence-corrected chi connectivity index (χ2v) is 6.35. The Balaban J connectivity index is 1.85. The Labute approximate surface area is 111 Å². The molecule has 104 valence electrons. The molecule has 2 fully saturated rings. The molecule has 1 atom stereocenters. The molecule has 0 aromatic rings. The molecule has 0 saturated heterocycles. The topological polar surface area (TPSA) is 55.1 Å². The van der Waals surface area contributed by atoms with Gasteiger partial charge in [-0.2, -0.15) is 0 Å². The van der Waals surface area contributed by atoms with Gasteiger partial charge in [0.1, 0.15) is 0 Å². The number of hydrogen-bond acceptors (Lipinski definition) is 2. The van der Waals surface area contributed by atoms with E-state index in [2.05, 4.69) is 12.2 Å². The minimum Gasteiger partial charge on any atom is -0.353 e. The maximum Gasteiger partial charge on any atom is 0.227 e. The SMILES string of the molecule is C[C@@H](NC(=O)C1(CN)CCC1)C1CCCCCC1. The van der Waals surface area contributed by atoms with E-state index in [0.29, 0.717) is 18.5 Å². The molecule has 0 aliphatic heterocycles. The standard InChI is InChI=1S/C15H28N2O/c1-12(13-7-4-2-3-5-8-13)17-14(18)15(11-16)9-6-10-15/h12-13H,2-11,16H2,1H3,(H,17,18)/t12-/m1/s1. The van der Waals surface area contributed by atoms with Gasteiger partial charge in [-0.05, 0) is 38.5 Å². The van der Waals surface area contributed by atoms with Gasteiger partial charge >= 0.3 is 0 Å². The maximum absolute atomic E-state index is 12.3. The molecule has 18 heavy (non-hydrogen) atoms. The lowest BCUT2D eigenvalue weighted by molar-refractivity contribution is -0.136. The molecule has 0 radical (unpaired) electrons. The van der Waals surface area contributed by atoms with Gasteiger partial charge in [-0.3, -0.25) is 4.79 Å². The van der Waals surface area contributed by atoms with Crippen molar-refractivity contribution >= 4 is 5.91 Å². The van der Waals surface area contributed by atoms with Crippen molar-refractivity contribution in [3.8, 4) is 0 Å². The third kappa shape index (κ3) is 2.87. The average Bonchev–Trinajstić information content (AvgIpc) is 2.56. The van der Waals surface area contributed by atoms with Crippen LogP contribution in [0.15, 0.2) is 0 Å². The predicted octanol–water partition coefficient (Wildman–Crippen LogP) is 2.59. The molecule has 0 unspecified atom stereocenters. The Hall–Kier alpha value is -0.570. The molecule has 0 aromatic carbocycles. The Morgan fingerprint density at radius 2 is 1.83 bits per heavy atom. The van der Waals surface area contributed by atoms with Crippen LogP contribution >= 0.6 is 0 Å². The van der Waals surface area contributed by atoms with Crippen LogP contribution in [0.25, 0.3) is 0 Å². The molecule has 3 heteroatoms. The number of rotatable bonds is 4. The smallest absolute Gasteiger partial charge is 0.227 e. The lowest BCUT2D eigenvalue weighted by Crippen LogP contribution is -2.53. The molecule has 3 nitrogen and oxygen atoms in total. The first-order chi connectivity index (χ1) is 8.68.